The fourth-order valence-corrected chi connectivity index (χ4v) is 3.38. The van der Waals surface area contributed by atoms with Gasteiger partial charge in [0.2, 0.25) is 0 Å². The SMILES string of the molecule is CCCCCOC1(CNCC)CCC(C(C)(C)C)CC1. The first kappa shape index (κ1) is 18.0. The summed E-state index contributed by atoms with van der Waals surface area (Å²) in [6.07, 6.45) is 8.89. The number of nitrogens with one attached hydrogen (secondary N) is 1. The molecule has 0 saturated heterocycles. The zero-order valence-electron chi connectivity index (χ0n) is 14.6. The van der Waals surface area contributed by atoms with Crippen molar-refractivity contribution in [3.05, 3.63) is 0 Å². The highest BCUT2D eigenvalue weighted by Gasteiger charge is 2.39. The van der Waals surface area contributed by atoms with Gasteiger partial charge in [-0.2, -0.15) is 0 Å². The van der Waals surface area contributed by atoms with E-state index in [4.69, 9.17) is 4.74 Å². The van der Waals surface area contributed by atoms with Gasteiger partial charge in [-0.3, -0.25) is 0 Å². The first-order valence-electron chi connectivity index (χ1n) is 8.78. The van der Waals surface area contributed by atoms with Crippen molar-refractivity contribution in [3.63, 3.8) is 0 Å². The summed E-state index contributed by atoms with van der Waals surface area (Å²) in [7, 11) is 0. The van der Waals surface area contributed by atoms with E-state index in [9.17, 15) is 0 Å². The summed E-state index contributed by atoms with van der Waals surface area (Å²) < 4.78 is 6.37. The van der Waals surface area contributed by atoms with E-state index in [1.807, 2.05) is 0 Å². The van der Waals surface area contributed by atoms with Crippen molar-refractivity contribution in [2.24, 2.45) is 11.3 Å². The summed E-state index contributed by atoms with van der Waals surface area (Å²) in [5.41, 5.74) is 0.568. The fourth-order valence-electron chi connectivity index (χ4n) is 3.38. The monoisotopic (exact) mass is 283 g/mol. The molecule has 0 bridgehead atoms. The number of rotatable bonds is 8. The lowest BCUT2D eigenvalue weighted by molar-refractivity contribution is -0.0852. The molecule has 1 saturated carbocycles. The molecule has 1 aliphatic carbocycles. The molecule has 0 unspecified atom stereocenters. The van der Waals surface area contributed by atoms with Crippen LogP contribution in [-0.2, 0) is 4.74 Å². The molecule has 0 spiro atoms. The van der Waals surface area contributed by atoms with Crippen LogP contribution in [-0.4, -0.2) is 25.3 Å². The molecule has 0 aromatic rings. The third kappa shape index (κ3) is 5.73. The highest BCUT2D eigenvalue weighted by atomic mass is 16.5. The van der Waals surface area contributed by atoms with Crippen molar-refractivity contribution >= 4 is 0 Å². The zero-order valence-corrected chi connectivity index (χ0v) is 14.6. The van der Waals surface area contributed by atoms with Gasteiger partial charge < -0.3 is 10.1 Å². The second-order valence-electron chi connectivity index (χ2n) is 7.66. The Bertz CT molecular complexity index is 249. The van der Waals surface area contributed by atoms with E-state index in [1.165, 1.54) is 44.9 Å². The van der Waals surface area contributed by atoms with Gasteiger partial charge in [0, 0.05) is 13.2 Å². The van der Waals surface area contributed by atoms with Crippen molar-refractivity contribution in [1.82, 2.24) is 5.32 Å². The van der Waals surface area contributed by atoms with Crippen LogP contribution < -0.4 is 5.32 Å². The predicted molar refractivity (Wildman–Crippen MR) is 88.2 cm³/mol. The molecule has 0 radical (unpaired) electrons. The zero-order chi connectivity index (χ0) is 15.1. The Balaban J connectivity index is 2.49. The molecule has 1 N–H and O–H groups in total. The Hall–Kier alpha value is -0.0800. The third-order valence-electron chi connectivity index (χ3n) is 4.97. The summed E-state index contributed by atoms with van der Waals surface area (Å²) in [6.45, 7) is 14.6. The van der Waals surface area contributed by atoms with Crippen LogP contribution in [0, 0.1) is 11.3 Å². The van der Waals surface area contributed by atoms with Crippen LogP contribution in [0.25, 0.3) is 0 Å². The van der Waals surface area contributed by atoms with Gasteiger partial charge >= 0.3 is 0 Å². The van der Waals surface area contributed by atoms with Crippen LogP contribution in [0.4, 0.5) is 0 Å². The molecule has 0 aromatic heterocycles. The fraction of sp³-hybridized carbons (Fsp3) is 1.00. The maximum absolute atomic E-state index is 6.37. The highest BCUT2D eigenvalue weighted by Crippen LogP contribution is 2.42. The highest BCUT2D eigenvalue weighted by molar-refractivity contribution is 4.92. The third-order valence-corrected chi connectivity index (χ3v) is 4.97. The summed E-state index contributed by atoms with van der Waals surface area (Å²) in [5, 5.41) is 3.53. The van der Waals surface area contributed by atoms with Gasteiger partial charge in [-0.05, 0) is 50.0 Å². The van der Waals surface area contributed by atoms with Crippen molar-refractivity contribution < 1.29 is 4.74 Å². The van der Waals surface area contributed by atoms with Crippen LogP contribution in [0.3, 0.4) is 0 Å². The van der Waals surface area contributed by atoms with Crippen molar-refractivity contribution in [3.8, 4) is 0 Å². The molecule has 1 rings (SSSR count). The first-order chi connectivity index (χ1) is 9.43. The van der Waals surface area contributed by atoms with Crippen molar-refractivity contribution in [2.45, 2.75) is 85.2 Å². The van der Waals surface area contributed by atoms with Crippen molar-refractivity contribution in [1.29, 1.82) is 0 Å². The second-order valence-corrected chi connectivity index (χ2v) is 7.66. The Labute approximate surface area is 127 Å². The van der Waals surface area contributed by atoms with E-state index in [2.05, 4.69) is 39.9 Å². The van der Waals surface area contributed by atoms with Gasteiger partial charge in [-0.1, -0.05) is 47.5 Å². The molecule has 0 atom stereocenters. The van der Waals surface area contributed by atoms with Crippen molar-refractivity contribution in [2.75, 3.05) is 19.7 Å². The average Bonchev–Trinajstić information content (AvgIpc) is 2.41. The largest absolute Gasteiger partial charge is 0.374 e. The Morgan fingerprint density at radius 3 is 2.25 bits per heavy atom. The number of hydrogen-bond acceptors (Lipinski definition) is 2. The quantitative estimate of drug-likeness (QED) is 0.647. The van der Waals surface area contributed by atoms with Crippen LogP contribution in [0.5, 0.6) is 0 Å². The molecule has 0 amide bonds. The van der Waals surface area contributed by atoms with Gasteiger partial charge in [0.15, 0.2) is 0 Å². The molecule has 0 heterocycles. The Morgan fingerprint density at radius 2 is 1.75 bits per heavy atom. The lowest BCUT2D eigenvalue weighted by Crippen LogP contribution is -2.47. The number of hydrogen-bond donors (Lipinski definition) is 1. The molecule has 1 aliphatic rings. The van der Waals surface area contributed by atoms with Crippen LogP contribution in [0.1, 0.15) is 79.6 Å². The van der Waals surface area contributed by atoms with Gasteiger partial charge in [0.25, 0.3) is 0 Å². The van der Waals surface area contributed by atoms with Gasteiger partial charge in [-0.15, -0.1) is 0 Å². The number of ether oxygens (including phenoxy) is 1. The smallest absolute Gasteiger partial charge is 0.0806 e. The summed E-state index contributed by atoms with van der Waals surface area (Å²) >= 11 is 0. The lowest BCUT2D eigenvalue weighted by atomic mass is 9.68. The Morgan fingerprint density at radius 1 is 1.10 bits per heavy atom. The minimum Gasteiger partial charge on any atom is -0.374 e. The van der Waals surface area contributed by atoms with E-state index in [0.29, 0.717) is 5.41 Å². The minimum absolute atomic E-state index is 0.117. The van der Waals surface area contributed by atoms with Gasteiger partial charge in [-0.25, -0.2) is 0 Å². The molecule has 2 heteroatoms. The number of likely N-dealkylation sites (N-methyl/N-ethyl adjacent to an activating group) is 1. The van der Waals surface area contributed by atoms with Crippen LogP contribution >= 0.6 is 0 Å². The summed E-state index contributed by atoms with van der Waals surface area (Å²) in [6, 6.07) is 0. The maximum atomic E-state index is 6.37. The van der Waals surface area contributed by atoms with E-state index in [-0.39, 0.29) is 5.60 Å². The van der Waals surface area contributed by atoms with E-state index >= 15 is 0 Å². The molecule has 1 fully saturated rings. The molecular weight excluding hydrogens is 246 g/mol. The van der Waals surface area contributed by atoms with E-state index in [0.717, 1.165) is 25.6 Å². The standard InChI is InChI=1S/C18H37NO/c1-6-8-9-14-20-18(15-19-7-2)12-10-16(11-13-18)17(3,4)5/h16,19H,6-15H2,1-5H3. The summed E-state index contributed by atoms with van der Waals surface area (Å²) in [5.74, 6) is 0.858. The molecule has 120 valence electrons. The normalized spacial score (nSPS) is 27.8. The molecular formula is C18H37NO. The van der Waals surface area contributed by atoms with E-state index < -0.39 is 0 Å². The first-order valence-corrected chi connectivity index (χ1v) is 8.78. The van der Waals surface area contributed by atoms with Gasteiger partial charge in [0.1, 0.15) is 0 Å². The predicted octanol–water partition coefficient (Wildman–Crippen LogP) is 4.78. The lowest BCUT2D eigenvalue weighted by Gasteiger charge is -2.44. The minimum atomic E-state index is 0.117. The van der Waals surface area contributed by atoms with E-state index in [1.54, 1.807) is 0 Å². The van der Waals surface area contributed by atoms with Gasteiger partial charge in [0.05, 0.1) is 5.60 Å². The molecule has 2 nitrogen and oxygen atoms in total. The molecule has 0 aliphatic heterocycles. The van der Waals surface area contributed by atoms with Crippen LogP contribution in [0.2, 0.25) is 0 Å². The Kier molecular flexibility index (Phi) is 7.53. The second kappa shape index (κ2) is 8.38. The topological polar surface area (TPSA) is 21.3 Å². The number of unbranched alkanes of at least 4 members (excludes halogenated alkanes) is 2. The molecule has 0 aromatic carbocycles. The van der Waals surface area contributed by atoms with Crippen LogP contribution in [0.15, 0.2) is 0 Å². The average molecular weight is 284 g/mol. The molecule has 20 heavy (non-hydrogen) atoms. The summed E-state index contributed by atoms with van der Waals surface area (Å²) in [4.78, 5) is 0. The maximum Gasteiger partial charge on any atom is 0.0806 e.